The van der Waals surface area contributed by atoms with E-state index in [1.807, 2.05) is 29.8 Å². The summed E-state index contributed by atoms with van der Waals surface area (Å²) < 4.78 is 13.5. The molecule has 0 spiro atoms. The summed E-state index contributed by atoms with van der Waals surface area (Å²) in [5.41, 5.74) is 3.92. The van der Waals surface area contributed by atoms with Gasteiger partial charge in [-0.1, -0.05) is 18.2 Å². The molecule has 6 rings (SSSR count). The van der Waals surface area contributed by atoms with Crippen molar-refractivity contribution in [2.24, 2.45) is 7.05 Å². The maximum absolute atomic E-state index is 12.4. The van der Waals surface area contributed by atoms with E-state index in [1.54, 1.807) is 6.20 Å². The standard InChI is InChI=1S/C29H34N6O4/c1-29(2)26-20(17-34(29)16-19-6-9-21(10-7-19)39-22-5-4-14-38-18-22)8-11-23(31-26)27-30-15-25(33(27)3)35-13-12-24(36)32-28(35)37/h6-11,15,22H,4-5,12-14,16-18H2,1-3H3,(H,32,36,37). The number of nitrogens with zero attached hydrogens (tertiary/aromatic N) is 5. The summed E-state index contributed by atoms with van der Waals surface area (Å²) in [7, 11) is 1.86. The number of carbonyl (C=O) groups is 2. The zero-order valence-corrected chi connectivity index (χ0v) is 22.6. The van der Waals surface area contributed by atoms with Gasteiger partial charge >= 0.3 is 6.03 Å². The van der Waals surface area contributed by atoms with Crippen molar-refractivity contribution < 1.29 is 19.1 Å². The number of benzene rings is 1. The highest BCUT2D eigenvalue weighted by molar-refractivity contribution is 6.05. The Morgan fingerprint density at radius 3 is 2.72 bits per heavy atom. The number of ether oxygens (including phenoxy) is 2. The Labute approximate surface area is 227 Å². The van der Waals surface area contributed by atoms with Crippen LogP contribution in [0.4, 0.5) is 10.6 Å². The number of urea groups is 1. The first kappa shape index (κ1) is 25.5. The zero-order valence-electron chi connectivity index (χ0n) is 22.6. The normalized spacial score (nSPS) is 21.1. The molecule has 10 heteroatoms. The van der Waals surface area contributed by atoms with Crippen molar-refractivity contribution in [3.05, 3.63) is 59.4 Å². The lowest BCUT2D eigenvalue weighted by molar-refractivity contribution is -0.120. The van der Waals surface area contributed by atoms with Crippen LogP contribution in [0.3, 0.4) is 0 Å². The molecule has 0 aliphatic carbocycles. The van der Waals surface area contributed by atoms with Gasteiger partial charge in [0.2, 0.25) is 5.91 Å². The first-order valence-electron chi connectivity index (χ1n) is 13.5. The van der Waals surface area contributed by atoms with Crippen molar-refractivity contribution in [1.29, 1.82) is 0 Å². The van der Waals surface area contributed by atoms with Crippen molar-refractivity contribution >= 4 is 17.8 Å². The van der Waals surface area contributed by atoms with Crippen molar-refractivity contribution in [2.45, 2.75) is 57.8 Å². The predicted octanol–water partition coefficient (Wildman–Crippen LogP) is 3.74. The number of pyridine rings is 1. The number of amides is 3. The van der Waals surface area contributed by atoms with E-state index in [1.165, 1.54) is 16.0 Å². The van der Waals surface area contributed by atoms with Crippen molar-refractivity contribution in [3.8, 4) is 17.3 Å². The highest BCUT2D eigenvalue weighted by Crippen LogP contribution is 2.40. The van der Waals surface area contributed by atoms with E-state index >= 15 is 0 Å². The van der Waals surface area contributed by atoms with Crippen molar-refractivity contribution in [3.63, 3.8) is 0 Å². The molecular weight excluding hydrogens is 496 g/mol. The summed E-state index contributed by atoms with van der Waals surface area (Å²) >= 11 is 0. The SMILES string of the molecule is Cn1c(N2CCC(=O)NC2=O)cnc1-c1ccc2c(n1)C(C)(C)N(Cc1ccc(OC3CCCOC3)cc1)C2. The Hall–Kier alpha value is -3.76. The minimum atomic E-state index is -0.429. The molecule has 0 bridgehead atoms. The molecule has 39 heavy (non-hydrogen) atoms. The number of hydrogen-bond acceptors (Lipinski definition) is 7. The molecule has 3 aromatic rings. The maximum Gasteiger partial charge on any atom is 0.329 e. The van der Waals surface area contributed by atoms with Crippen molar-refractivity contribution in [2.75, 3.05) is 24.7 Å². The molecule has 2 aromatic heterocycles. The molecule has 3 amide bonds. The van der Waals surface area contributed by atoms with Gasteiger partial charge in [-0.2, -0.15) is 0 Å². The molecule has 5 heterocycles. The number of imide groups is 1. The van der Waals surface area contributed by atoms with Gasteiger partial charge in [0.25, 0.3) is 0 Å². The van der Waals surface area contributed by atoms with E-state index in [0.717, 1.165) is 49.7 Å². The molecule has 10 nitrogen and oxygen atoms in total. The first-order chi connectivity index (χ1) is 18.8. The molecule has 3 aliphatic rings. The van der Waals surface area contributed by atoms with E-state index in [2.05, 4.69) is 47.2 Å². The van der Waals surface area contributed by atoms with Gasteiger partial charge in [-0.15, -0.1) is 0 Å². The Morgan fingerprint density at radius 1 is 1.15 bits per heavy atom. The number of fused-ring (bicyclic) bond motifs is 1. The molecule has 1 N–H and O–H groups in total. The smallest absolute Gasteiger partial charge is 0.329 e. The molecule has 2 saturated heterocycles. The van der Waals surface area contributed by atoms with Crippen LogP contribution in [0.5, 0.6) is 5.75 Å². The van der Waals surface area contributed by atoms with E-state index in [9.17, 15) is 9.59 Å². The van der Waals surface area contributed by atoms with Gasteiger partial charge in [0, 0.05) is 39.7 Å². The second kappa shape index (κ2) is 10.1. The largest absolute Gasteiger partial charge is 0.488 e. The van der Waals surface area contributed by atoms with Crippen LogP contribution in [-0.4, -0.2) is 57.2 Å². The van der Waals surface area contributed by atoms with Crippen LogP contribution in [0, 0.1) is 0 Å². The Kier molecular flexibility index (Phi) is 6.60. The summed E-state index contributed by atoms with van der Waals surface area (Å²) in [5.74, 6) is 1.92. The first-order valence-corrected chi connectivity index (χ1v) is 13.5. The summed E-state index contributed by atoms with van der Waals surface area (Å²) in [6.45, 7) is 7.81. The molecule has 3 aliphatic heterocycles. The van der Waals surface area contributed by atoms with Crippen LogP contribution < -0.4 is 15.0 Å². The summed E-state index contributed by atoms with van der Waals surface area (Å²) in [6.07, 6.45) is 4.13. The molecule has 204 valence electrons. The molecular formula is C29H34N6O4. The molecule has 1 atom stereocenters. The lowest BCUT2D eigenvalue weighted by Crippen LogP contribution is -2.50. The minimum absolute atomic E-state index is 0.132. The second-order valence-electron chi connectivity index (χ2n) is 11.0. The van der Waals surface area contributed by atoms with Crippen LogP contribution in [-0.2, 0) is 35.2 Å². The summed E-state index contributed by atoms with van der Waals surface area (Å²) in [6, 6.07) is 12.1. The lowest BCUT2D eigenvalue weighted by Gasteiger charge is -2.32. The van der Waals surface area contributed by atoms with E-state index in [0.29, 0.717) is 24.8 Å². The highest BCUT2D eigenvalue weighted by Gasteiger charge is 2.39. The van der Waals surface area contributed by atoms with Crippen LogP contribution in [0.25, 0.3) is 11.5 Å². The monoisotopic (exact) mass is 530 g/mol. The molecule has 1 aromatic carbocycles. The van der Waals surface area contributed by atoms with Gasteiger partial charge < -0.3 is 14.0 Å². The number of nitrogens with one attached hydrogen (secondary N) is 1. The molecule has 2 fully saturated rings. The number of aromatic nitrogens is 3. The van der Waals surface area contributed by atoms with Gasteiger partial charge in [-0.05, 0) is 56.0 Å². The van der Waals surface area contributed by atoms with Gasteiger partial charge in [0.05, 0.1) is 24.0 Å². The van der Waals surface area contributed by atoms with Crippen LogP contribution >= 0.6 is 0 Å². The summed E-state index contributed by atoms with van der Waals surface area (Å²) in [4.78, 5) is 37.5. The molecule has 0 saturated carbocycles. The van der Waals surface area contributed by atoms with E-state index in [4.69, 9.17) is 14.5 Å². The fourth-order valence-corrected chi connectivity index (χ4v) is 5.64. The number of rotatable bonds is 6. The van der Waals surface area contributed by atoms with E-state index in [-0.39, 0.29) is 24.0 Å². The minimum Gasteiger partial charge on any atom is -0.488 e. The molecule has 1 unspecified atom stereocenters. The second-order valence-corrected chi connectivity index (χ2v) is 11.0. The quantitative estimate of drug-likeness (QED) is 0.518. The fourth-order valence-electron chi connectivity index (χ4n) is 5.64. The van der Waals surface area contributed by atoms with Gasteiger partial charge in [0.15, 0.2) is 5.82 Å². The number of imidazole rings is 1. The average molecular weight is 531 g/mol. The third kappa shape index (κ3) is 4.90. The lowest BCUT2D eigenvalue weighted by atomic mass is 9.98. The average Bonchev–Trinajstić information content (AvgIpc) is 3.42. The van der Waals surface area contributed by atoms with Crippen LogP contribution in [0.1, 0.15) is 49.9 Å². The van der Waals surface area contributed by atoms with Crippen LogP contribution in [0.2, 0.25) is 0 Å². The van der Waals surface area contributed by atoms with E-state index < -0.39 is 6.03 Å². The van der Waals surface area contributed by atoms with Crippen LogP contribution in [0.15, 0.2) is 42.6 Å². The third-order valence-electron chi connectivity index (χ3n) is 7.95. The number of carbonyl (C=O) groups excluding carboxylic acids is 2. The molecule has 0 radical (unpaired) electrons. The van der Waals surface area contributed by atoms with Gasteiger partial charge in [0.1, 0.15) is 23.4 Å². The highest BCUT2D eigenvalue weighted by atomic mass is 16.5. The Bertz CT molecular complexity index is 1390. The number of anilines is 1. The Morgan fingerprint density at radius 2 is 1.97 bits per heavy atom. The fraction of sp³-hybridized carbons (Fsp3) is 0.448. The van der Waals surface area contributed by atoms with Gasteiger partial charge in [-0.3, -0.25) is 19.9 Å². The Balaban J connectivity index is 1.17. The summed E-state index contributed by atoms with van der Waals surface area (Å²) in [5, 5.41) is 2.37. The van der Waals surface area contributed by atoms with Gasteiger partial charge in [-0.25, -0.2) is 14.8 Å². The third-order valence-corrected chi connectivity index (χ3v) is 7.95. The predicted molar refractivity (Wildman–Crippen MR) is 145 cm³/mol. The van der Waals surface area contributed by atoms with Crippen molar-refractivity contribution in [1.82, 2.24) is 24.8 Å². The maximum atomic E-state index is 12.4. The zero-order chi connectivity index (χ0) is 27.1. The number of hydrogen-bond donors (Lipinski definition) is 1. The topological polar surface area (TPSA) is 102 Å².